The smallest absolute Gasteiger partial charge is 0.341 e. The second kappa shape index (κ2) is 8.36. The summed E-state index contributed by atoms with van der Waals surface area (Å²) >= 11 is 2.91. The quantitative estimate of drug-likeness (QED) is 0.472. The summed E-state index contributed by atoms with van der Waals surface area (Å²) in [5.41, 5.74) is 3.61. The first-order valence-corrected chi connectivity index (χ1v) is 11.2. The van der Waals surface area contributed by atoms with Crippen molar-refractivity contribution in [2.45, 2.75) is 37.8 Å². The van der Waals surface area contributed by atoms with Crippen molar-refractivity contribution < 1.29 is 19.3 Å². The molecule has 1 amide bonds. The topological polar surface area (TPSA) is 85.3 Å². The normalized spacial score (nSPS) is 13.3. The number of imidazole rings is 1. The number of thioether (sulfide) groups is 1. The van der Waals surface area contributed by atoms with Crippen molar-refractivity contribution in [2.24, 2.45) is 0 Å². The van der Waals surface area contributed by atoms with Crippen LogP contribution in [-0.4, -0.2) is 29.2 Å². The summed E-state index contributed by atoms with van der Waals surface area (Å²) in [4.78, 5) is 32.7. The molecule has 1 aliphatic rings. The zero-order valence-electron chi connectivity index (χ0n) is 15.6. The van der Waals surface area contributed by atoms with Crippen LogP contribution in [0.15, 0.2) is 29.4 Å². The monoisotopic (exact) mass is 416 g/mol. The number of ether oxygens (including phenoxy) is 1. The fourth-order valence-electron chi connectivity index (χ4n) is 3.42. The summed E-state index contributed by atoms with van der Waals surface area (Å²) in [7, 11) is 0. The highest BCUT2D eigenvalue weighted by Crippen LogP contribution is 2.38. The van der Waals surface area contributed by atoms with Gasteiger partial charge in [-0.1, -0.05) is 12.1 Å². The number of amides is 1. The minimum atomic E-state index is -0.339. The van der Waals surface area contributed by atoms with Crippen molar-refractivity contribution in [2.75, 3.05) is 17.7 Å². The van der Waals surface area contributed by atoms with Gasteiger partial charge in [0.1, 0.15) is 5.00 Å². The van der Waals surface area contributed by atoms with Gasteiger partial charge in [0.2, 0.25) is 5.91 Å². The highest BCUT2D eigenvalue weighted by molar-refractivity contribution is 7.99. The number of H-pyrrole nitrogens is 2. The highest BCUT2D eigenvalue weighted by atomic mass is 32.2. The number of thiophene rings is 1. The van der Waals surface area contributed by atoms with Crippen LogP contribution in [0, 0.1) is 0 Å². The fourth-order valence-corrected chi connectivity index (χ4v) is 5.43. The first-order chi connectivity index (χ1) is 13.7. The Morgan fingerprint density at radius 3 is 2.93 bits per heavy atom. The third-order valence-electron chi connectivity index (χ3n) is 4.67. The molecule has 28 heavy (non-hydrogen) atoms. The molecule has 0 spiro atoms. The number of hydrogen-bond acceptors (Lipinski definition) is 5. The maximum atomic E-state index is 12.5. The minimum Gasteiger partial charge on any atom is -0.462 e. The largest absolute Gasteiger partial charge is 0.462 e. The molecule has 3 aromatic rings. The summed E-state index contributed by atoms with van der Waals surface area (Å²) in [5.74, 6) is -0.233. The number of esters is 1. The van der Waals surface area contributed by atoms with Gasteiger partial charge in [0.25, 0.3) is 0 Å². The van der Waals surface area contributed by atoms with Gasteiger partial charge in [-0.15, -0.1) is 11.3 Å². The van der Waals surface area contributed by atoms with E-state index in [0.29, 0.717) is 17.2 Å². The second-order valence-electron chi connectivity index (χ2n) is 6.60. The van der Waals surface area contributed by atoms with Gasteiger partial charge < -0.3 is 10.1 Å². The van der Waals surface area contributed by atoms with E-state index in [2.05, 4.69) is 15.3 Å². The molecule has 146 valence electrons. The molecule has 1 aromatic carbocycles. The van der Waals surface area contributed by atoms with E-state index in [1.165, 1.54) is 28.0 Å². The Balaban J connectivity index is 1.47. The number of aromatic nitrogens is 2. The van der Waals surface area contributed by atoms with E-state index in [9.17, 15) is 9.59 Å². The minimum absolute atomic E-state index is 0.138. The maximum Gasteiger partial charge on any atom is 0.341 e. The molecule has 2 heterocycles. The summed E-state index contributed by atoms with van der Waals surface area (Å²) < 4.78 is 5.24. The predicted molar refractivity (Wildman–Crippen MR) is 111 cm³/mol. The van der Waals surface area contributed by atoms with E-state index < -0.39 is 0 Å². The van der Waals surface area contributed by atoms with Crippen LogP contribution in [0.1, 0.15) is 40.6 Å². The summed E-state index contributed by atoms with van der Waals surface area (Å²) in [6.07, 6.45) is 4.01. The average molecular weight is 417 g/mol. The first kappa shape index (κ1) is 19.0. The summed E-state index contributed by atoms with van der Waals surface area (Å²) in [6, 6.07) is 7.89. The number of nitrogens with one attached hydrogen (secondary N) is 3. The van der Waals surface area contributed by atoms with Crippen LogP contribution in [0.5, 0.6) is 0 Å². The van der Waals surface area contributed by atoms with Crippen molar-refractivity contribution in [3.63, 3.8) is 0 Å². The molecule has 0 atom stereocenters. The lowest BCUT2D eigenvalue weighted by atomic mass is 9.95. The lowest BCUT2D eigenvalue weighted by Gasteiger charge is -2.12. The number of carbonyl (C=O) groups is 2. The van der Waals surface area contributed by atoms with Gasteiger partial charge in [-0.05, 0) is 62.1 Å². The lowest BCUT2D eigenvalue weighted by molar-refractivity contribution is -0.396. The molecule has 1 aliphatic carbocycles. The van der Waals surface area contributed by atoms with Gasteiger partial charge in [0.15, 0.2) is 11.0 Å². The molecule has 4 rings (SSSR count). The zero-order chi connectivity index (χ0) is 19.5. The molecule has 0 radical (unpaired) electrons. The third-order valence-corrected chi connectivity index (χ3v) is 6.78. The van der Waals surface area contributed by atoms with Crippen molar-refractivity contribution in [3.05, 3.63) is 40.3 Å². The Bertz CT molecular complexity index is 992. The van der Waals surface area contributed by atoms with Crippen molar-refractivity contribution >= 4 is 51.0 Å². The molecule has 0 saturated carbocycles. The van der Waals surface area contributed by atoms with E-state index in [0.717, 1.165) is 47.4 Å². The van der Waals surface area contributed by atoms with E-state index in [1.807, 2.05) is 24.3 Å². The summed E-state index contributed by atoms with van der Waals surface area (Å²) in [6.45, 7) is 2.12. The number of benzene rings is 1. The van der Waals surface area contributed by atoms with Gasteiger partial charge >= 0.3 is 11.1 Å². The van der Waals surface area contributed by atoms with Gasteiger partial charge in [-0.25, -0.2) is 14.8 Å². The number of hydrogen-bond donors (Lipinski definition) is 2. The Labute approximate surface area is 171 Å². The molecule has 0 unspecified atom stereocenters. The van der Waals surface area contributed by atoms with Crippen LogP contribution in [0.4, 0.5) is 5.00 Å². The molecule has 0 saturated heterocycles. The molecular weight excluding hydrogens is 394 g/mol. The van der Waals surface area contributed by atoms with Crippen LogP contribution >= 0.6 is 23.1 Å². The third kappa shape index (κ3) is 3.93. The number of fused-ring (bicyclic) bond motifs is 2. The Kier molecular flexibility index (Phi) is 5.68. The number of aromatic amines is 2. The molecule has 6 nitrogen and oxygen atoms in total. The highest BCUT2D eigenvalue weighted by Gasteiger charge is 2.27. The molecule has 0 bridgehead atoms. The van der Waals surface area contributed by atoms with Crippen molar-refractivity contribution in [3.8, 4) is 0 Å². The van der Waals surface area contributed by atoms with Gasteiger partial charge in [-0.2, -0.15) is 0 Å². The number of anilines is 1. The van der Waals surface area contributed by atoms with Gasteiger partial charge in [0, 0.05) is 4.88 Å². The number of para-hydroxylation sites is 2. The van der Waals surface area contributed by atoms with Crippen molar-refractivity contribution in [1.29, 1.82) is 0 Å². The fraction of sp³-hybridized carbons (Fsp3) is 0.350. The molecule has 3 N–H and O–H groups in total. The Morgan fingerprint density at radius 2 is 2.11 bits per heavy atom. The van der Waals surface area contributed by atoms with Crippen molar-refractivity contribution in [1.82, 2.24) is 4.98 Å². The molecule has 0 aliphatic heterocycles. The first-order valence-electron chi connectivity index (χ1n) is 9.40. The molecule has 0 fully saturated rings. The number of rotatable bonds is 6. The molecule has 8 heteroatoms. The van der Waals surface area contributed by atoms with Crippen LogP contribution in [0.2, 0.25) is 0 Å². The van der Waals surface area contributed by atoms with E-state index in [1.54, 1.807) is 6.92 Å². The van der Waals surface area contributed by atoms with Crippen LogP contribution < -0.4 is 10.3 Å². The predicted octanol–water partition coefficient (Wildman–Crippen LogP) is 3.83. The SMILES string of the molecule is CCOC(=O)c1c(NC(=O)CSc2[nH]c3ccccc3[nH+]2)sc2c1CCCC2. The van der Waals surface area contributed by atoms with Crippen LogP contribution in [-0.2, 0) is 22.4 Å². The van der Waals surface area contributed by atoms with Gasteiger partial charge in [-0.3, -0.25) is 4.79 Å². The second-order valence-corrected chi connectivity index (χ2v) is 8.69. The Morgan fingerprint density at radius 1 is 1.29 bits per heavy atom. The summed E-state index contributed by atoms with van der Waals surface area (Å²) in [5, 5.41) is 4.39. The maximum absolute atomic E-state index is 12.5. The Hall–Kier alpha value is -2.32. The average Bonchev–Trinajstić information content (AvgIpc) is 3.27. The van der Waals surface area contributed by atoms with Crippen LogP contribution in [0.25, 0.3) is 11.0 Å². The van der Waals surface area contributed by atoms with Crippen LogP contribution in [0.3, 0.4) is 0 Å². The zero-order valence-corrected chi connectivity index (χ0v) is 17.2. The lowest BCUT2D eigenvalue weighted by Crippen LogP contribution is -2.17. The molecular formula is C20H22N3O3S2+. The number of aryl methyl sites for hydroxylation is 1. The standard InChI is InChI=1S/C20H21N3O3S2/c1-2-26-19(25)17-12-7-3-6-10-15(12)28-18(17)23-16(24)11-27-20-21-13-8-4-5-9-14(13)22-20/h4-5,8-9H,2-3,6-7,10-11H2,1H3,(H,21,22)(H,23,24)/p+1. The van der Waals surface area contributed by atoms with E-state index in [4.69, 9.17) is 4.74 Å². The van der Waals surface area contributed by atoms with E-state index in [-0.39, 0.29) is 17.6 Å². The van der Waals surface area contributed by atoms with E-state index >= 15 is 0 Å². The molecule has 2 aromatic heterocycles. The van der Waals surface area contributed by atoms with Gasteiger partial charge in [0.05, 0.1) is 17.9 Å². The number of carbonyl (C=O) groups excluding carboxylic acids is 2.